The summed E-state index contributed by atoms with van der Waals surface area (Å²) >= 11 is 0. The summed E-state index contributed by atoms with van der Waals surface area (Å²) in [5, 5.41) is 9.91. The SMILES string of the molecule is CN(C1CCOCC1)C1Cc2ccc(N)cc2NC1=O.COC1CCN(C2Cc3ccc(N)cc3NC2=O)CC1.CO[C@@H]1CCN(C2Cc3ccc(N)cc3NC2=O)C1.Nc1ccc2c(c1)NS(=O)(=O)CC2.Nc1ccc2cc(N3CCOCC3)c(=O)[nH]c2c1. The molecule has 1 aromatic heterocycles. The van der Waals surface area contributed by atoms with Gasteiger partial charge in [-0.3, -0.25) is 38.6 Å². The van der Waals surface area contributed by atoms with Crippen LogP contribution in [0.25, 0.3) is 10.9 Å². The maximum Gasteiger partial charge on any atom is 0.271 e. The number of nitrogen functional groups attached to an aromatic ring is 5. The van der Waals surface area contributed by atoms with E-state index in [4.69, 9.17) is 47.6 Å². The molecule has 24 nitrogen and oxygen atoms in total. The van der Waals surface area contributed by atoms with E-state index in [9.17, 15) is 27.6 Å². The van der Waals surface area contributed by atoms with Crippen LogP contribution in [0.4, 0.5) is 56.9 Å². The second kappa shape index (κ2) is 29.3. The summed E-state index contributed by atoms with van der Waals surface area (Å²) in [5.41, 5.74) is 40.8. The van der Waals surface area contributed by atoms with Gasteiger partial charge in [0.2, 0.25) is 27.7 Å². The first-order valence-corrected chi connectivity index (χ1v) is 32.5. The number of carbonyl (C=O) groups is 3. The maximum atomic E-state index is 12.3. The average Bonchev–Trinajstić information content (AvgIpc) is 2.20. The molecule has 482 valence electrons. The molecule has 0 bridgehead atoms. The zero-order valence-corrected chi connectivity index (χ0v) is 52.3. The molecule has 0 aliphatic carbocycles. The molecule has 6 aromatic rings. The van der Waals surface area contributed by atoms with Crippen molar-refractivity contribution in [2.24, 2.45) is 0 Å². The summed E-state index contributed by atoms with van der Waals surface area (Å²) in [6.45, 7) is 8.00. The highest BCUT2D eigenvalue weighted by Gasteiger charge is 2.37. The number of rotatable bonds is 7. The minimum Gasteiger partial charge on any atom is -0.399 e. The number of benzene rings is 5. The lowest BCUT2D eigenvalue weighted by Crippen LogP contribution is -2.51. The number of hydrogen-bond donors (Lipinski definition) is 10. The standard InChI is InChI=1S/2C15H21N3O2.C14H19N3O2.C13H15N3O2.C8H10N2O2S/c1-20-12-4-6-18(7-5-12)14-8-10-2-3-11(16)9-13(10)17-15(14)19;1-18(12-4-6-20-7-5-12)14-8-10-2-3-11(16)9-13(10)17-15(14)19;1-19-11-4-5-17(8-11)13-6-9-2-3-10(15)7-12(9)16-14(13)18;14-10-2-1-9-7-12(13(17)15-11(9)8-10)16-3-5-18-6-4-16;9-7-2-1-6-3-4-13(11,12)10-8(6)5-7/h2*2-3,9,12,14H,4-8,16H2,1H3,(H,17,19);2-3,7,11,13H,4-6,8,15H2,1H3,(H,16,18);1-2,7-8H,3-6,14H2,(H,15,17);1-2,5,10H,3-4,9H2/t;;11-,13?;;/m..1../s1. The Bertz CT molecular complexity index is 3700. The van der Waals surface area contributed by atoms with E-state index in [1.54, 1.807) is 32.4 Å². The summed E-state index contributed by atoms with van der Waals surface area (Å²) in [6, 6.07) is 30.1. The number of carbonyl (C=O) groups excluding carboxylic acids is 3. The molecular weight excluding hydrogens is 1170 g/mol. The third kappa shape index (κ3) is 16.3. The van der Waals surface area contributed by atoms with Gasteiger partial charge in [-0.05, 0) is 154 Å². The van der Waals surface area contributed by atoms with Crippen LogP contribution >= 0.6 is 0 Å². The number of sulfonamides is 1. The number of methoxy groups -OCH3 is 2. The van der Waals surface area contributed by atoms with Crippen LogP contribution in [0, 0.1) is 0 Å². The lowest BCUT2D eigenvalue weighted by atomic mass is 9.95. The fourth-order valence-corrected chi connectivity index (χ4v) is 13.9. The number of anilines is 10. The smallest absolute Gasteiger partial charge is 0.271 e. The van der Waals surface area contributed by atoms with Gasteiger partial charge in [-0.25, -0.2) is 8.42 Å². The van der Waals surface area contributed by atoms with E-state index in [-0.39, 0.29) is 53.3 Å². The highest BCUT2D eigenvalue weighted by Crippen LogP contribution is 2.33. The van der Waals surface area contributed by atoms with Gasteiger partial charge in [0, 0.05) is 124 Å². The van der Waals surface area contributed by atoms with Crippen molar-refractivity contribution in [2.75, 3.05) is 147 Å². The number of H-pyrrole nitrogens is 1. The Hall–Kier alpha value is -8.01. The summed E-state index contributed by atoms with van der Waals surface area (Å²) < 4.78 is 46.2. The number of aryl methyl sites for hydroxylation is 1. The van der Waals surface area contributed by atoms with E-state index in [1.807, 2.05) is 85.9 Å². The molecule has 0 spiro atoms. The zero-order valence-electron chi connectivity index (χ0n) is 51.5. The maximum absolute atomic E-state index is 12.3. The number of fused-ring (bicyclic) bond motifs is 5. The topological polar surface area (TPSA) is 346 Å². The third-order valence-electron chi connectivity index (χ3n) is 18.0. The van der Waals surface area contributed by atoms with Gasteiger partial charge in [0.15, 0.2) is 0 Å². The normalized spacial score (nSPS) is 22.3. The molecule has 4 saturated heterocycles. The molecule has 14 rings (SSSR count). The van der Waals surface area contributed by atoms with Gasteiger partial charge < -0.3 is 73.5 Å². The Morgan fingerprint density at radius 3 is 1.58 bits per heavy atom. The first-order valence-electron chi connectivity index (χ1n) is 30.9. The second-order valence-electron chi connectivity index (χ2n) is 24.0. The number of likely N-dealkylation sites (tertiary alicyclic amines) is 2. The first-order chi connectivity index (χ1) is 43.3. The number of aromatic nitrogens is 1. The summed E-state index contributed by atoms with van der Waals surface area (Å²) in [6.07, 6.45) is 8.38. The molecule has 5 aromatic carbocycles. The highest BCUT2D eigenvalue weighted by atomic mass is 32.2. The van der Waals surface area contributed by atoms with Crippen LogP contribution in [-0.2, 0) is 69.0 Å². The van der Waals surface area contributed by atoms with Crippen molar-refractivity contribution in [1.29, 1.82) is 0 Å². The van der Waals surface area contributed by atoms with Crippen LogP contribution in [-0.4, -0.2) is 175 Å². The quantitative estimate of drug-likeness (QED) is 0.0955. The third-order valence-corrected chi connectivity index (χ3v) is 19.3. The van der Waals surface area contributed by atoms with Gasteiger partial charge in [0.25, 0.3) is 5.56 Å². The molecule has 4 atom stereocenters. The molecule has 25 heteroatoms. The Balaban J connectivity index is 0.000000125. The van der Waals surface area contributed by atoms with Gasteiger partial charge in [-0.2, -0.15) is 0 Å². The number of nitrogens with one attached hydrogen (secondary N) is 5. The molecular formula is C65H86N14O10S. The van der Waals surface area contributed by atoms with Crippen molar-refractivity contribution in [3.05, 3.63) is 130 Å². The number of ether oxygens (including phenoxy) is 4. The van der Waals surface area contributed by atoms with Crippen molar-refractivity contribution >= 4 is 95.5 Å². The molecule has 8 aliphatic rings. The number of morpholine rings is 1. The van der Waals surface area contributed by atoms with Crippen LogP contribution in [0.3, 0.4) is 0 Å². The van der Waals surface area contributed by atoms with E-state index in [0.717, 1.165) is 154 Å². The summed E-state index contributed by atoms with van der Waals surface area (Å²) in [7, 11) is 2.41. The molecule has 4 fully saturated rings. The van der Waals surface area contributed by atoms with E-state index >= 15 is 0 Å². The number of likely N-dealkylation sites (N-methyl/N-ethyl adjacent to an activating group) is 1. The molecule has 3 amide bonds. The Kier molecular flexibility index (Phi) is 21.1. The van der Waals surface area contributed by atoms with Gasteiger partial charge >= 0.3 is 0 Å². The van der Waals surface area contributed by atoms with Gasteiger partial charge in [0.05, 0.1) is 60.5 Å². The Morgan fingerprint density at radius 2 is 1.01 bits per heavy atom. The summed E-state index contributed by atoms with van der Waals surface area (Å²) in [5.74, 6) is 0.370. The molecule has 90 heavy (non-hydrogen) atoms. The van der Waals surface area contributed by atoms with E-state index in [1.165, 1.54) is 0 Å². The number of hydrogen-bond acceptors (Lipinski definition) is 19. The van der Waals surface area contributed by atoms with Crippen molar-refractivity contribution in [2.45, 2.75) is 94.2 Å². The van der Waals surface area contributed by atoms with Gasteiger partial charge in [-0.15, -0.1) is 0 Å². The number of nitrogens with zero attached hydrogens (tertiary/aromatic N) is 4. The molecule has 3 unspecified atom stereocenters. The monoisotopic (exact) mass is 1250 g/mol. The second-order valence-corrected chi connectivity index (χ2v) is 25.9. The van der Waals surface area contributed by atoms with Crippen LogP contribution in [0.2, 0.25) is 0 Å². The largest absolute Gasteiger partial charge is 0.399 e. The zero-order chi connectivity index (χ0) is 63.6. The van der Waals surface area contributed by atoms with Crippen molar-refractivity contribution < 1.29 is 41.7 Å². The number of piperidine rings is 1. The van der Waals surface area contributed by atoms with Crippen LogP contribution < -0.4 is 59.8 Å². The lowest BCUT2D eigenvalue weighted by molar-refractivity contribution is -0.123. The molecule has 9 heterocycles. The molecule has 15 N–H and O–H groups in total. The molecule has 8 aliphatic heterocycles. The first kappa shape index (κ1) is 65.0. The van der Waals surface area contributed by atoms with Crippen LogP contribution in [0.1, 0.15) is 54.4 Å². The van der Waals surface area contributed by atoms with Crippen LogP contribution in [0.15, 0.2) is 102 Å². The fraction of sp³-hybridized carbons (Fsp3) is 0.446. The number of aromatic amines is 1. The average molecular weight is 1260 g/mol. The predicted octanol–water partition coefficient (Wildman–Crippen LogP) is 4.85. The number of amides is 3. The van der Waals surface area contributed by atoms with Gasteiger partial charge in [-0.1, -0.05) is 30.3 Å². The van der Waals surface area contributed by atoms with Crippen molar-refractivity contribution in [3.63, 3.8) is 0 Å². The Morgan fingerprint density at radius 1 is 0.533 bits per heavy atom. The number of pyridine rings is 1. The molecule has 0 saturated carbocycles. The van der Waals surface area contributed by atoms with E-state index < -0.39 is 10.0 Å². The lowest BCUT2D eigenvalue weighted by Gasteiger charge is -2.38. The van der Waals surface area contributed by atoms with Gasteiger partial charge in [0.1, 0.15) is 5.69 Å². The Labute approximate surface area is 525 Å². The predicted molar refractivity (Wildman–Crippen MR) is 355 cm³/mol. The number of nitrogens with two attached hydrogens (primary N) is 5. The van der Waals surface area contributed by atoms with Crippen molar-refractivity contribution in [3.8, 4) is 0 Å². The van der Waals surface area contributed by atoms with E-state index in [0.29, 0.717) is 71.6 Å². The molecule has 0 radical (unpaired) electrons. The minimum atomic E-state index is -3.12. The van der Waals surface area contributed by atoms with E-state index in [2.05, 4.69) is 45.3 Å². The van der Waals surface area contributed by atoms with Crippen molar-refractivity contribution in [1.82, 2.24) is 19.7 Å². The minimum absolute atomic E-state index is 0.0647. The fourth-order valence-electron chi connectivity index (χ4n) is 12.8. The van der Waals surface area contributed by atoms with Crippen LogP contribution in [0.5, 0.6) is 0 Å². The highest BCUT2D eigenvalue weighted by molar-refractivity contribution is 7.92. The summed E-state index contributed by atoms with van der Waals surface area (Å²) in [4.78, 5) is 60.5.